The van der Waals surface area contributed by atoms with Gasteiger partial charge >= 0.3 is 12.0 Å². The van der Waals surface area contributed by atoms with Gasteiger partial charge in [-0.1, -0.05) is 38.3 Å². The summed E-state index contributed by atoms with van der Waals surface area (Å²) in [4.78, 5) is 15.8. The van der Waals surface area contributed by atoms with Crippen LogP contribution in [0.1, 0.15) is 32.6 Å². The summed E-state index contributed by atoms with van der Waals surface area (Å²) < 4.78 is 5.40. The molecule has 102 valence electrons. The number of aromatic nitrogens is 1. The molecule has 2 amide bonds. The van der Waals surface area contributed by atoms with E-state index in [1.807, 2.05) is 24.3 Å². The molecule has 19 heavy (non-hydrogen) atoms. The number of amides is 2. The topological polar surface area (TPSA) is 67.2 Å². The first-order chi connectivity index (χ1) is 9.29. The molecule has 0 saturated carbocycles. The Bertz CT molecular complexity index is 503. The largest absolute Gasteiger partial charge is 0.423 e. The van der Waals surface area contributed by atoms with Crippen LogP contribution in [0.4, 0.5) is 10.8 Å². The molecule has 1 aromatic heterocycles. The van der Waals surface area contributed by atoms with E-state index >= 15 is 0 Å². The summed E-state index contributed by atoms with van der Waals surface area (Å²) in [6, 6.07) is 7.35. The number of carbonyl (C=O) groups is 1. The van der Waals surface area contributed by atoms with E-state index in [9.17, 15) is 4.79 Å². The third-order valence-electron chi connectivity index (χ3n) is 2.83. The van der Waals surface area contributed by atoms with Crippen LogP contribution < -0.4 is 10.6 Å². The van der Waals surface area contributed by atoms with Gasteiger partial charge in [-0.15, -0.1) is 0 Å². The van der Waals surface area contributed by atoms with Gasteiger partial charge in [-0.25, -0.2) is 4.79 Å². The fourth-order valence-corrected chi connectivity index (χ4v) is 1.82. The summed E-state index contributed by atoms with van der Waals surface area (Å²) in [7, 11) is 0. The highest BCUT2D eigenvalue weighted by molar-refractivity contribution is 5.88. The van der Waals surface area contributed by atoms with Crippen LogP contribution in [0.25, 0.3) is 11.1 Å². The van der Waals surface area contributed by atoms with Crippen molar-refractivity contribution in [2.75, 3.05) is 11.9 Å². The summed E-state index contributed by atoms with van der Waals surface area (Å²) >= 11 is 0. The van der Waals surface area contributed by atoms with Gasteiger partial charge in [0.1, 0.15) is 5.52 Å². The van der Waals surface area contributed by atoms with E-state index < -0.39 is 0 Å². The van der Waals surface area contributed by atoms with E-state index in [1.165, 1.54) is 12.8 Å². The second-order valence-electron chi connectivity index (χ2n) is 4.43. The van der Waals surface area contributed by atoms with Gasteiger partial charge < -0.3 is 9.73 Å². The molecule has 2 rings (SSSR count). The zero-order valence-electron chi connectivity index (χ0n) is 11.1. The van der Waals surface area contributed by atoms with Gasteiger partial charge in [0.2, 0.25) is 0 Å². The quantitative estimate of drug-likeness (QED) is 0.782. The minimum absolute atomic E-state index is 0.229. The summed E-state index contributed by atoms with van der Waals surface area (Å²) in [5, 5.41) is 5.38. The molecule has 2 aromatic rings. The maximum Gasteiger partial charge on any atom is 0.322 e. The first-order valence-electron chi connectivity index (χ1n) is 6.70. The molecular weight excluding hydrogens is 242 g/mol. The third kappa shape index (κ3) is 3.98. The number of benzene rings is 1. The van der Waals surface area contributed by atoms with E-state index in [0.29, 0.717) is 12.1 Å². The Kier molecular flexibility index (Phi) is 4.78. The lowest BCUT2D eigenvalue weighted by molar-refractivity contribution is 0.251. The van der Waals surface area contributed by atoms with E-state index in [1.54, 1.807) is 0 Å². The molecule has 0 unspecified atom stereocenters. The molecule has 0 aliphatic carbocycles. The molecule has 0 aliphatic rings. The van der Waals surface area contributed by atoms with Crippen molar-refractivity contribution in [3.05, 3.63) is 24.3 Å². The molecule has 0 bridgehead atoms. The Balaban J connectivity index is 1.78. The van der Waals surface area contributed by atoms with Crippen LogP contribution in [0.5, 0.6) is 0 Å². The van der Waals surface area contributed by atoms with Crippen molar-refractivity contribution >= 4 is 23.1 Å². The Morgan fingerprint density at radius 1 is 1.26 bits per heavy atom. The average molecular weight is 261 g/mol. The number of oxazole rings is 1. The van der Waals surface area contributed by atoms with Gasteiger partial charge in [0.15, 0.2) is 5.58 Å². The Morgan fingerprint density at radius 2 is 2.11 bits per heavy atom. The molecule has 0 atom stereocenters. The van der Waals surface area contributed by atoms with Crippen molar-refractivity contribution in [1.82, 2.24) is 10.3 Å². The molecule has 1 aromatic carbocycles. The van der Waals surface area contributed by atoms with Crippen molar-refractivity contribution in [3.8, 4) is 0 Å². The van der Waals surface area contributed by atoms with E-state index in [0.717, 1.165) is 18.4 Å². The number of anilines is 1. The highest BCUT2D eigenvalue weighted by atomic mass is 16.4. The van der Waals surface area contributed by atoms with Gasteiger partial charge in [0.25, 0.3) is 0 Å². The van der Waals surface area contributed by atoms with Crippen LogP contribution in [-0.2, 0) is 0 Å². The number of hydrogen-bond donors (Lipinski definition) is 2. The van der Waals surface area contributed by atoms with E-state index in [2.05, 4.69) is 22.5 Å². The molecule has 5 heteroatoms. The molecule has 2 N–H and O–H groups in total. The van der Waals surface area contributed by atoms with Gasteiger partial charge in [0, 0.05) is 6.54 Å². The van der Waals surface area contributed by atoms with Crippen LogP contribution in [0.15, 0.2) is 28.7 Å². The number of hydrogen-bond acceptors (Lipinski definition) is 3. The first kappa shape index (κ1) is 13.4. The number of fused-ring (bicyclic) bond motifs is 1. The number of nitrogens with zero attached hydrogens (tertiary/aromatic N) is 1. The lowest BCUT2D eigenvalue weighted by Crippen LogP contribution is -2.29. The number of unbranched alkanes of at least 4 members (excludes halogenated alkanes) is 3. The standard InChI is InChI=1S/C14H19N3O2/c1-2-3-4-7-10-15-13(18)17-14-16-11-8-5-6-9-12(11)19-14/h5-6,8-9H,2-4,7,10H2,1H3,(H2,15,16,17,18). The Labute approximate surface area is 112 Å². The van der Waals surface area contributed by atoms with Gasteiger partial charge in [0.05, 0.1) is 0 Å². The summed E-state index contributed by atoms with van der Waals surface area (Å²) in [5.41, 5.74) is 1.40. The lowest BCUT2D eigenvalue weighted by atomic mass is 10.2. The molecule has 5 nitrogen and oxygen atoms in total. The zero-order valence-corrected chi connectivity index (χ0v) is 11.1. The SMILES string of the molecule is CCCCCCNC(=O)Nc1nc2ccccc2o1. The lowest BCUT2D eigenvalue weighted by Gasteiger charge is -2.04. The normalized spacial score (nSPS) is 10.6. The van der Waals surface area contributed by atoms with Crippen LogP contribution in [0, 0.1) is 0 Å². The fraction of sp³-hybridized carbons (Fsp3) is 0.429. The third-order valence-corrected chi connectivity index (χ3v) is 2.83. The van der Waals surface area contributed by atoms with E-state index in [-0.39, 0.29) is 12.0 Å². The maximum atomic E-state index is 11.6. The second kappa shape index (κ2) is 6.78. The van der Waals surface area contributed by atoms with Crippen molar-refractivity contribution in [2.24, 2.45) is 0 Å². The smallest absolute Gasteiger partial charge is 0.322 e. The molecule has 0 fully saturated rings. The van der Waals surface area contributed by atoms with Crippen molar-refractivity contribution in [1.29, 1.82) is 0 Å². The van der Waals surface area contributed by atoms with Crippen molar-refractivity contribution in [3.63, 3.8) is 0 Å². The molecule has 0 spiro atoms. The van der Waals surface area contributed by atoms with Crippen LogP contribution in [0.2, 0.25) is 0 Å². The summed E-state index contributed by atoms with van der Waals surface area (Å²) in [6.45, 7) is 2.83. The number of nitrogens with one attached hydrogen (secondary N) is 2. The van der Waals surface area contributed by atoms with Crippen molar-refractivity contribution in [2.45, 2.75) is 32.6 Å². The highest BCUT2D eigenvalue weighted by Gasteiger charge is 2.07. The molecule has 0 radical (unpaired) electrons. The Morgan fingerprint density at radius 3 is 2.89 bits per heavy atom. The Hall–Kier alpha value is -2.04. The average Bonchev–Trinajstić information content (AvgIpc) is 2.80. The minimum Gasteiger partial charge on any atom is -0.423 e. The predicted octanol–water partition coefficient (Wildman–Crippen LogP) is 3.53. The fourth-order valence-electron chi connectivity index (χ4n) is 1.82. The highest BCUT2D eigenvalue weighted by Crippen LogP contribution is 2.17. The van der Waals surface area contributed by atoms with Gasteiger partial charge in [-0.2, -0.15) is 4.98 Å². The number of rotatable bonds is 6. The molecule has 1 heterocycles. The number of para-hydroxylation sites is 2. The van der Waals surface area contributed by atoms with E-state index in [4.69, 9.17) is 4.42 Å². The first-order valence-corrected chi connectivity index (χ1v) is 6.70. The second-order valence-corrected chi connectivity index (χ2v) is 4.43. The van der Waals surface area contributed by atoms with Crippen LogP contribution >= 0.6 is 0 Å². The monoisotopic (exact) mass is 261 g/mol. The summed E-state index contributed by atoms with van der Waals surface area (Å²) in [6.07, 6.45) is 4.53. The molecular formula is C14H19N3O2. The maximum absolute atomic E-state index is 11.6. The number of carbonyl (C=O) groups excluding carboxylic acids is 1. The molecule has 0 aliphatic heterocycles. The van der Waals surface area contributed by atoms with Crippen LogP contribution in [0.3, 0.4) is 0 Å². The number of urea groups is 1. The van der Waals surface area contributed by atoms with Gasteiger partial charge in [-0.3, -0.25) is 5.32 Å². The predicted molar refractivity (Wildman–Crippen MR) is 75.2 cm³/mol. The van der Waals surface area contributed by atoms with Gasteiger partial charge in [-0.05, 0) is 18.6 Å². The minimum atomic E-state index is -0.275. The molecule has 0 saturated heterocycles. The summed E-state index contributed by atoms with van der Waals surface area (Å²) in [5.74, 6) is 0. The van der Waals surface area contributed by atoms with Crippen LogP contribution in [-0.4, -0.2) is 17.6 Å². The zero-order chi connectivity index (χ0) is 13.5. The van der Waals surface area contributed by atoms with Crippen molar-refractivity contribution < 1.29 is 9.21 Å².